The highest BCUT2D eigenvalue weighted by Crippen LogP contribution is 2.13. The molecule has 0 aliphatic rings. The van der Waals surface area contributed by atoms with Crippen molar-refractivity contribution in [2.24, 2.45) is 0 Å². The van der Waals surface area contributed by atoms with Gasteiger partial charge in [-0.25, -0.2) is 4.79 Å². The molecule has 0 heterocycles. The van der Waals surface area contributed by atoms with Gasteiger partial charge in [0.05, 0.1) is 26.2 Å². The number of carbonyl (C=O) groups is 1. The Morgan fingerprint density at radius 3 is 1.91 bits per heavy atom. The van der Waals surface area contributed by atoms with E-state index >= 15 is 0 Å². The molecule has 0 spiro atoms. The minimum absolute atomic E-state index is 0. The van der Waals surface area contributed by atoms with Crippen molar-refractivity contribution < 1.29 is 21.7 Å². The molecule has 0 radical (unpaired) electrons. The fourth-order valence-corrected chi connectivity index (χ4v) is 2.67. The molecule has 1 amide bonds. The van der Waals surface area contributed by atoms with E-state index in [0.717, 1.165) is 18.5 Å². The van der Waals surface area contributed by atoms with Crippen LogP contribution in [0.2, 0.25) is 0 Å². The van der Waals surface area contributed by atoms with Gasteiger partial charge in [0.1, 0.15) is 0 Å². The largest absolute Gasteiger partial charge is 1.00 e. The zero-order valence-electron chi connectivity index (χ0n) is 14.5. The summed E-state index contributed by atoms with van der Waals surface area (Å²) in [7, 11) is 4.05. The number of rotatable bonds is 10. The topological polar surface area (TPSA) is 17.1 Å². The van der Waals surface area contributed by atoms with Crippen LogP contribution in [0.4, 0.5) is 0 Å². The van der Waals surface area contributed by atoms with Gasteiger partial charge in [-0.1, -0.05) is 63.6 Å². The molecule has 0 unspecified atom stereocenters. The van der Waals surface area contributed by atoms with Crippen LogP contribution in [0.25, 0.3) is 0 Å². The molecule has 22 heavy (non-hydrogen) atoms. The number of nitrogens with zero attached hydrogens (tertiary/aromatic N) is 1. The lowest BCUT2D eigenvalue weighted by atomic mass is 10.1. The lowest BCUT2D eigenvalue weighted by Crippen LogP contribution is -3.00. The third-order valence-electron chi connectivity index (χ3n) is 4.14. The first-order chi connectivity index (χ1) is 10.1. The van der Waals surface area contributed by atoms with Gasteiger partial charge in [0, 0.05) is 0 Å². The maximum absolute atomic E-state index is 12.5. The standard InChI is InChI=1S/C19H32NO.ClH/c1-4-5-6-7-8-9-10-14-17-20(2,3)19(21)18-15-12-11-13-16-18;/h11-13,15-16H,4-10,14,17H2,1-3H3;1H/q+1;/p-1. The average Bonchev–Trinajstić information content (AvgIpc) is 2.50. The predicted molar refractivity (Wildman–Crippen MR) is 90.4 cm³/mol. The molecule has 0 atom stereocenters. The molecule has 0 aliphatic heterocycles. The first-order valence-electron chi connectivity index (χ1n) is 8.51. The molecular weight excluding hydrogens is 294 g/mol. The Hall–Kier alpha value is -0.860. The van der Waals surface area contributed by atoms with Crippen molar-refractivity contribution >= 4 is 5.91 Å². The fraction of sp³-hybridized carbons (Fsp3) is 0.632. The summed E-state index contributed by atoms with van der Waals surface area (Å²) in [5, 5.41) is 0. The number of hydrogen-bond acceptors (Lipinski definition) is 1. The van der Waals surface area contributed by atoms with Crippen LogP contribution in [0.5, 0.6) is 0 Å². The zero-order valence-corrected chi connectivity index (χ0v) is 15.2. The van der Waals surface area contributed by atoms with Crippen molar-refractivity contribution in [3.63, 3.8) is 0 Å². The van der Waals surface area contributed by atoms with E-state index < -0.39 is 0 Å². The molecule has 0 aliphatic carbocycles. The van der Waals surface area contributed by atoms with Crippen molar-refractivity contribution in [1.29, 1.82) is 0 Å². The van der Waals surface area contributed by atoms with Gasteiger partial charge < -0.3 is 12.4 Å². The molecule has 0 N–H and O–H groups in total. The molecule has 126 valence electrons. The molecule has 0 saturated heterocycles. The number of benzene rings is 1. The van der Waals surface area contributed by atoms with Gasteiger partial charge in [-0.15, -0.1) is 0 Å². The Labute approximate surface area is 142 Å². The van der Waals surface area contributed by atoms with Crippen LogP contribution in [-0.4, -0.2) is 31.0 Å². The highest BCUT2D eigenvalue weighted by molar-refractivity contribution is 5.88. The Balaban J connectivity index is 0.00000441. The summed E-state index contributed by atoms with van der Waals surface area (Å²) < 4.78 is 0.458. The van der Waals surface area contributed by atoms with E-state index in [2.05, 4.69) is 6.92 Å². The minimum atomic E-state index is 0. The van der Waals surface area contributed by atoms with E-state index in [1.54, 1.807) is 0 Å². The summed E-state index contributed by atoms with van der Waals surface area (Å²) in [6, 6.07) is 9.65. The monoisotopic (exact) mass is 325 g/mol. The quantitative estimate of drug-likeness (QED) is 0.475. The minimum Gasteiger partial charge on any atom is -1.00 e. The fourth-order valence-electron chi connectivity index (χ4n) is 2.67. The molecule has 0 saturated carbocycles. The number of quaternary nitrogens is 1. The number of unbranched alkanes of at least 4 members (excludes halogenated alkanes) is 7. The van der Waals surface area contributed by atoms with Crippen molar-refractivity contribution in [3.05, 3.63) is 35.9 Å². The van der Waals surface area contributed by atoms with Crippen molar-refractivity contribution in [1.82, 2.24) is 0 Å². The molecule has 1 rings (SSSR count). The Kier molecular flexibility index (Phi) is 11.2. The lowest BCUT2D eigenvalue weighted by molar-refractivity contribution is -0.807. The Morgan fingerprint density at radius 1 is 0.864 bits per heavy atom. The summed E-state index contributed by atoms with van der Waals surface area (Å²) in [6.07, 6.45) is 10.5. The Morgan fingerprint density at radius 2 is 1.36 bits per heavy atom. The van der Waals surface area contributed by atoms with Crippen LogP contribution in [0, 0.1) is 0 Å². The van der Waals surface area contributed by atoms with Crippen LogP contribution in [0.1, 0.15) is 68.6 Å². The van der Waals surface area contributed by atoms with E-state index in [1.807, 2.05) is 44.4 Å². The third-order valence-corrected chi connectivity index (χ3v) is 4.14. The van der Waals surface area contributed by atoms with Crippen LogP contribution in [0.15, 0.2) is 30.3 Å². The first kappa shape index (κ1) is 21.1. The highest BCUT2D eigenvalue weighted by atomic mass is 35.5. The molecule has 1 aromatic carbocycles. The molecule has 3 heteroatoms. The normalized spacial score (nSPS) is 11.0. The summed E-state index contributed by atoms with van der Waals surface area (Å²) in [6.45, 7) is 3.19. The summed E-state index contributed by atoms with van der Waals surface area (Å²) in [5.74, 6) is 0.221. The SMILES string of the molecule is CCCCCCCCCC[N+](C)(C)C(=O)c1ccccc1.[Cl-]. The number of amides is 1. The molecule has 0 aromatic heterocycles. The van der Waals surface area contributed by atoms with Crippen molar-refractivity contribution in [3.8, 4) is 0 Å². The smallest absolute Gasteiger partial charge is 0.345 e. The summed E-state index contributed by atoms with van der Waals surface area (Å²) in [4.78, 5) is 12.5. The van der Waals surface area contributed by atoms with Crippen LogP contribution in [-0.2, 0) is 0 Å². The molecular formula is C19H32ClNO. The van der Waals surface area contributed by atoms with Crippen LogP contribution >= 0.6 is 0 Å². The summed E-state index contributed by atoms with van der Waals surface area (Å²) >= 11 is 0. The number of halogens is 1. The van der Waals surface area contributed by atoms with Crippen LogP contribution in [0.3, 0.4) is 0 Å². The van der Waals surface area contributed by atoms with E-state index in [9.17, 15) is 4.79 Å². The lowest BCUT2D eigenvalue weighted by Gasteiger charge is -2.26. The van der Waals surface area contributed by atoms with Gasteiger partial charge >= 0.3 is 5.91 Å². The van der Waals surface area contributed by atoms with Gasteiger partial charge in [0.2, 0.25) is 0 Å². The van der Waals surface area contributed by atoms with Crippen LogP contribution < -0.4 is 12.4 Å². The van der Waals surface area contributed by atoms with Crippen molar-refractivity contribution in [2.75, 3.05) is 20.6 Å². The second kappa shape index (κ2) is 11.7. The molecule has 2 nitrogen and oxygen atoms in total. The van der Waals surface area contributed by atoms with Crippen molar-refractivity contribution in [2.45, 2.75) is 58.3 Å². The second-order valence-corrected chi connectivity index (χ2v) is 6.55. The van der Waals surface area contributed by atoms with E-state index in [0.29, 0.717) is 4.48 Å². The first-order valence-corrected chi connectivity index (χ1v) is 8.51. The Bertz CT molecular complexity index is 403. The van der Waals surface area contributed by atoms with Gasteiger partial charge in [-0.05, 0) is 25.0 Å². The maximum atomic E-state index is 12.5. The van der Waals surface area contributed by atoms with E-state index in [-0.39, 0.29) is 18.3 Å². The van der Waals surface area contributed by atoms with Gasteiger partial charge in [-0.3, -0.25) is 4.48 Å². The third kappa shape index (κ3) is 7.95. The number of hydrogen-bond donors (Lipinski definition) is 0. The van der Waals surface area contributed by atoms with Gasteiger partial charge in [-0.2, -0.15) is 0 Å². The zero-order chi connectivity index (χ0) is 15.6. The van der Waals surface area contributed by atoms with Gasteiger partial charge in [0.15, 0.2) is 0 Å². The molecule has 1 aromatic rings. The predicted octanol–water partition coefficient (Wildman–Crippen LogP) is 2.05. The highest BCUT2D eigenvalue weighted by Gasteiger charge is 2.26. The van der Waals surface area contributed by atoms with E-state index in [4.69, 9.17) is 0 Å². The average molecular weight is 326 g/mol. The van der Waals surface area contributed by atoms with Gasteiger partial charge in [0.25, 0.3) is 0 Å². The maximum Gasteiger partial charge on any atom is 0.345 e. The second-order valence-electron chi connectivity index (χ2n) is 6.55. The van der Waals surface area contributed by atoms with E-state index in [1.165, 1.54) is 44.9 Å². The summed E-state index contributed by atoms with van der Waals surface area (Å²) in [5.41, 5.74) is 0.821. The number of carbonyl (C=O) groups excluding carboxylic acids is 1. The molecule has 0 bridgehead atoms. The molecule has 0 fully saturated rings.